The predicted molar refractivity (Wildman–Crippen MR) is 88.0 cm³/mol. The maximum atomic E-state index is 11.7. The zero-order chi connectivity index (χ0) is 19.2. The van der Waals surface area contributed by atoms with Crippen LogP contribution >= 0.6 is 0 Å². The van der Waals surface area contributed by atoms with E-state index in [2.05, 4.69) is 0 Å². The van der Waals surface area contributed by atoms with E-state index < -0.39 is 46.9 Å². The second-order valence-corrected chi connectivity index (χ2v) is 8.60. The second-order valence-electron chi connectivity index (χ2n) is 5.88. The molecule has 0 saturated carbocycles. The fourth-order valence-electron chi connectivity index (χ4n) is 2.72. The largest absolute Gasteiger partial charge is 0.506 e. The predicted octanol–water partition coefficient (Wildman–Crippen LogP) is 1.92. The summed E-state index contributed by atoms with van der Waals surface area (Å²) in [4.78, 5) is -1.57. The van der Waals surface area contributed by atoms with Crippen molar-refractivity contribution in [1.29, 1.82) is 0 Å². The van der Waals surface area contributed by atoms with Crippen LogP contribution in [0.2, 0.25) is 0 Å². The van der Waals surface area contributed by atoms with Crippen LogP contribution in [0.3, 0.4) is 0 Å². The summed E-state index contributed by atoms with van der Waals surface area (Å²) in [6.07, 6.45) is 0. The molecule has 0 amide bonds. The minimum atomic E-state index is -4.84. The maximum Gasteiger partial charge on any atom is 0.298 e. The number of phenolic OH excluding ortho intramolecular Hbond substituents is 2. The van der Waals surface area contributed by atoms with E-state index in [1.807, 2.05) is 0 Å². The smallest absolute Gasteiger partial charge is 0.298 e. The topological polar surface area (TPSA) is 149 Å². The van der Waals surface area contributed by atoms with Gasteiger partial charge in [0.15, 0.2) is 0 Å². The van der Waals surface area contributed by atoms with E-state index in [9.17, 15) is 36.2 Å². The molecular weight excluding hydrogens is 372 g/mol. The summed E-state index contributed by atoms with van der Waals surface area (Å²) in [5, 5.41) is 19.7. The van der Waals surface area contributed by atoms with Crippen LogP contribution in [0.15, 0.2) is 46.2 Å². The quantitative estimate of drug-likeness (QED) is 0.580. The SMILES string of the molecule is CC(C)(c1cccc(O)c1S(=O)(=O)O)c1cccc(O)c1S(=O)(=O)O. The standard InChI is InChI=1S/C15H16O8S2/c1-15(2,9-5-3-7-11(16)13(9)24(18,19)20)10-6-4-8-12(17)14(10)25(21,22)23/h3-8,16-17H,1-2H3,(H,18,19,20)(H,21,22,23). The van der Waals surface area contributed by atoms with E-state index in [-0.39, 0.29) is 11.1 Å². The molecule has 0 aromatic heterocycles. The van der Waals surface area contributed by atoms with E-state index >= 15 is 0 Å². The highest BCUT2D eigenvalue weighted by Gasteiger charge is 2.36. The van der Waals surface area contributed by atoms with Gasteiger partial charge in [0, 0.05) is 5.41 Å². The lowest BCUT2D eigenvalue weighted by molar-refractivity contribution is 0.429. The average molecular weight is 388 g/mol. The molecule has 10 heteroatoms. The molecule has 0 radical (unpaired) electrons. The van der Waals surface area contributed by atoms with Crippen LogP contribution in [0, 0.1) is 0 Å². The molecule has 0 unspecified atom stereocenters. The lowest BCUT2D eigenvalue weighted by atomic mass is 9.78. The first-order chi connectivity index (χ1) is 11.3. The van der Waals surface area contributed by atoms with Crippen molar-refractivity contribution in [1.82, 2.24) is 0 Å². The van der Waals surface area contributed by atoms with E-state index in [1.165, 1.54) is 38.1 Å². The number of aromatic hydroxyl groups is 2. The summed E-state index contributed by atoms with van der Waals surface area (Å²) in [6.45, 7) is 2.83. The molecular formula is C15H16O8S2. The molecule has 0 aliphatic rings. The molecule has 0 fully saturated rings. The van der Waals surface area contributed by atoms with Gasteiger partial charge in [-0.15, -0.1) is 0 Å². The highest BCUT2D eigenvalue weighted by Crippen LogP contribution is 2.43. The Morgan fingerprint density at radius 3 is 1.32 bits per heavy atom. The molecule has 0 heterocycles. The molecule has 0 bridgehead atoms. The monoisotopic (exact) mass is 388 g/mol. The third-order valence-corrected chi connectivity index (χ3v) is 5.74. The molecule has 4 N–H and O–H groups in total. The zero-order valence-electron chi connectivity index (χ0n) is 13.2. The maximum absolute atomic E-state index is 11.7. The van der Waals surface area contributed by atoms with Gasteiger partial charge < -0.3 is 10.2 Å². The molecule has 0 aliphatic carbocycles. The number of rotatable bonds is 4. The van der Waals surface area contributed by atoms with Crippen LogP contribution in [-0.4, -0.2) is 36.2 Å². The Morgan fingerprint density at radius 2 is 1.04 bits per heavy atom. The molecule has 2 aromatic carbocycles. The molecule has 136 valence electrons. The van der Waals surface area contributed by atoms with Gasteiger partial charge in [0.05, 0.1) is 0 Å². The van der Waals surface area contributed by atoms with Crippen LogP contribution in [0.1, 0.15) is 25.0 Å². The van der Waals surface area contributed by atoms with Gasteiger partial charge >= 0.3 is 0 Å². The minimum absolute atomic E-state index is 0.120. The van der Waals surface area contributed by atoms with Gasteiger partial charge in [-0.1, -0.05) is 38.1 Å². The summed E-state index contributed by atoms with van der Waals surface area (Å²) >= 11 is 0. The van der Waals surface area contributed by atoms with Crippen molar-refractivity contribution in [2.24, 2.45) is 0 Å². The van der Waals surface area contributed by atoms with Crippen LogP contribution in [0.25, 0.3) is 0 Å². The van der Waals surface area contributed by atoms with Crippen molar-refractivity contribution in [3.05, 3.63) is 47.5 Å². The number of benzene rings is 2. The van der Waals surface area contributed by atoms with E-state index in [1.54, 1.807) is 0 Å². The van der Waals surface area contributed by atoms with Gasteiger partial charge in [-0.3, -0.25) is 9.11 Å². The van der Waals surface area contributed by atoms with Crippen LogP contribution in [0.5, 0.6) is 11.5 Å². The van der Waals surface area contributed by atoms with Crippen LogP contribution < -0.4 is 0 Å². The van der Waals surface area contributed by atoms with Crippen LogP contribution in [0.4, 0.5) is 0 Å². The summed E-state index contributed by atoms with van der Waals surface area (Å²) in [6, 6.07) is 7.29. The lowest BCUT2D eigenvalue weighted by Gasteiger charge is -2.29. The molecule has 0 saturated heterocycles. The van der Waals surface area contributed by atoms with Gasteiger partial charge in [0.1, 0.15) is 21.3 Å². The Morgan fingerprint density at radius 1 is 0.720 bits per heavy atom. The van der Waals surface area contributed by atoms with E-state index in [0.717, 1.165) is 12.1 Å². The number of phenols is 2. The highest BCUT2D eigenvalue weighted by atomic mass is 32.2. The Bertz CT molecular complexity index is 954. The van der Waals surface area contributed by atoms with Crippen molar-refractivity contribution < 1.29 is 36.2 Å². The Balaban J connectivity index is 2.93. The normalized spacial score (nSPS) is 13.0. The van der Waals surface area contributed by atoms with Gasteiger partial charge in [-0.25, -0.2) is 0 Å². The van der Waals surface area contributed by atoms with Gasteiger partial charge in [0.2, 0.25) is 0 Å². The summed E-state index contributed by atoms with van der Waals surface area (Å²) < 4.78 is 65.6. The van der Waals surface area contributed by atoms with Crippen LogP contribution in [-0.2, 0) is 25.7 Å². The first kappa shape index (κ1) is 19.2. The van der Waals surface area contributed by atoms with Gasteiger partial charge in [-0.05, 0) is 23.3 Å². The van der Waals surface area contributed by atoms with Crippen molar-refractivity contribution >= 4 is 20.2 Å². The average Bonchev–Trinajstić information content (AvgIpc) is 2.44. The van der Waals surface area contributed by atoms with Gasteiger partial charge in [-0.2, -0.15) is 16.8 Å². The number of hydrogen-bond acceptors (Lipinski definition) is 6. The fourth-order valence-corrected chi connectivity index (χ4v) is 4.59. The Hall–Kier alpha value is -2.14. The molecule has 0 atom stereocenters. The summed E-state index contributed by atoms with van der Waals surface area (Å²) in [7, 11) is -9.68. The lowest BCUT2D eigenvalue weighted by Crippen LogP contribution is -2.25. The van der Waals surface area contributed by atoms with Gasteiger partial charge in [0.25, 0.3) is 20.2 Å². The fraction of sp³-hybridized carbons (Fsp3) is 0.200. The van der Waals surface area contributed by atoms with Crippen molar-refractivity contribution in [2.75, 3.05) is 0 Å². The third kappa shape index (κ3) is 3.47. The molecule has 0 spiro atoms. The zero-order valence-corrected chi connectivity index (χ0v) is 14.8. The Kier molecular flexibility index (Phi) is 4.60. The first-order valence-corrected chi connectivity index (χ1v) is 9.76. The summed E-state index contributed by atoms with van der Waals surface area (Å²) in [5.74, 6) is -1.44. The minimum Gasteiger partial charge on any atom is -0.506 e. The first-order valence-electron chi connectivity index (χ1n) is 6.88. The van der Waals surface area contributed by atoms with E-state index in [4.69, 9.17) is 0 Å². The molecule has 8 nitrogen and oxygen atoms in total. The van der Waals surface area contributed by atoms with Crippen molar-refractivity contribution in [3.8, 4) is 11.5 Å². The number of hydrogen-bond donors (Lipinski definition) is 4. The molecule has 2 aromatic rings. The van der Waals surface area contributed by atoms with Crippen molar-refractivity contribution in [3.63, 3.8) is 0 Å². The second kappa shape index (κ2) is 5.99. The molecule has 2 rings (SSSR count). The highest BCUT2D eigenvalue weighted by molar-refractivity contribution is 7.86. The van der Waals surface area contributed by atoms with Crippen molar-refractivity contribution in [2.45, 2.75) is 29.1 Å². The summed E-state index contributed by atoms with van der Waals surface area (Å²) in [5.41, 5.74) is -1.68. The molecule has 25 heavy (non-hydrogen) atoms. The Labute approximate surface area is 144 Å². The third-order valence-electron chi connectivity index (χ3n) is 3.85. The molecule has 0 aliphatic heterocycles. The van der Waals surface area contributed by atoms with E-state index in [0.29, 0.717) is 0 Å².